The van der Waals surface area contributed by atoms with Gasteiger partial charge in [-0.3, -0.25) is 4.79 Å². The molecule has 0 aliphatic rings. The Morgan fingerprint density at radius 3 is 2.85 bits per heavy atom. The van der Waals surface area contributed by atoms with Crippen molar-refractivity contribution in [2.75, 3.05) is 0 Å². The number of carboxylic acid groups (broad SMARTS) is 1. The highest BCUT2D eigenvalue weighted by Gasteiger charge is 2.13. The van der Waals surface area contributed by atoms with Crippen LogP contribution in [0.3, 0.4) is 0 Å². The van der Waals surface area contributed by atoms with Crippen LogP contribution in [0.1, 0.15) is 5.69 Å². The van der Waals surface area contributed by atoms with E-state index in [4.69, 9.17) is 10.8 Å². The van der Waals surface area contributed by atoms with Gasteiger partial charge in [0.15, 0.2) is 0 Å². The van der Waals surface area contributed by atoms with Gasteiger partial charge in [-0.25, -0.2) is 4.98 Å². The maximum Gasteiger partial charge on any atom is 0.320 e. The topological polar surface area (TPSA) is 81.1 Å². The van der Waals surface area contributed by atoms with Gasteiger partial charge in [0.05, 0.1) is 6.33 Å². The van der Waals surface area contributed by atoms with Gasteiger partial charge in [-0.2, -0.15) is 0 Å². The predicted molar refractivity (Wildman–Crippen MR) is 49.8 cm³/mol. The molecule has 5 nitrogen and oxygen atoms in total. The highest BCUT2D eigenvalue weighted by atomic mass is 35.5. The van der Waals surface area contributed by atoms with Crippen molar-refractivity contribution in [3.63, 3.8) is 0 Å². The van der Waals surface area contributed by atoms with Gasteiger partial charge < -0.3 is 15.4 Å². The first-order valence-electron chi connectivity index (χ1n) is 3.55. The Kier molecular flexibility index (Phi) is 4.44. The van der Waals surface area contributed by atoms with Crippen molar-refractivity contribution in [2.24, 2.45) is 12.8 Å². The lowest BCUT2D eigenvalue weighted by molar-refractivity contribution is -0.138. The number of hydrogen-bond acceptors (Lipinski definition) is 3. The third kappa shape index (κ3) is 3.04. The molecule has 1 aromatic rings. The van der Waals surface area contributed by atoms with Crippen LogP contribution in [-0.4, -0.2) is 26.7 Å². The Bertz CT molecular complexity index is 287. The number of rotatable bonds is 3. The van der Waals surface area contributed by atoms with Crippen LogP contribution in [0.4, 0.5) is 0 Å². The van der Waals surface area contributed by atoms with Crippen molar-refractivity contribution in [3.8, 4) is 0 Å². The summed E-state index contributed by atoms with van der Waals surface area (Å²) in [6, 6.07) is -0.847. The third-order valence-corrected chi connectivity index (χ3v) is 1.66. The molecule has 0 saturated carbocycles. The Morgan fingerprint density at radius 2 is 2.46 bits per heavy atom. The second kappa shape index (κ2) is 4.84. The normalized spacial score (nSPS) is 11.8. The molecule has 6 heteroatoms. The predicted octanol–water partition coefficient (Wildman–Crippen LogP) is -0.204. The molecule has 3 N–H and O–H groups in total. The van der Waals surface area contributed by atoms with Crippen molar-refractivity contribution in [2.45, 2.75) is 12.5 Å². The van der Waals surface area contributed by atoms with Crippen LogP contribution in [0, 0.1) is 0 Å². The van der Waals surface area contributed by atoms with E-state index in [0.29, 0.717) is 6.42 Å². The van der Waals surface area contributed by atoms with Crippen LogP contribution < -0.4 is 5.73 Å². The average Bonchev–Trinajstić information content (AvgIpc) is 2.36. The molecule has 0 aromatic carbocycles. The fraction of sp³-hybridized carbons (Fsp3) is 0.429. The quantitative estimate of drug-likeness (QED) is 0.716. The number of aromatic nitrogens is 2. The fourth-order valence-electron chi connectivity index (χ4n) is 0.894. The van der Waals surface area contributed by atoms with Crippen molar-refractivity contribution >= 4 is 18.4 Å². The lowest BCUT2D eigenvalue weighted by Gasteiger charge is -2.05. The number of nitrogens with zero attached hydrogens (tertiary/aromatic N) is 2. The van der Waals surface area contributed by atoms with Gasteiger partial charge in [0.25, 0.3) is 0 Å². The molecule has 0 aliphatic carbocycles. The third-order valence-electron chi connectivity index (χ3n) is 1.66. The summed E-state index contributed by atoms with van der Waals surface area (Å²) in [4.78, 5) is 14.2. The van der Waals surface area contributed by atoms with E-state index in [2.05, 4.69) is 4.98 Å². The molecule has 0 saturated heterocycles. The van der Waals surface area contributed by atoms with E-state index in [0.717, 1.165) is 5.69 Å². The van der Waals surface area contributed by atoms with Crippen LogP contribution in [-0.2, 0) is 18.3 Å². The second-order valence-corrected chi connectivity index (χ2v) is 2.64. The van der Waals surface area contributed by atoms with E-state index in [9.17, 15) is 4.79 Å². The monoisotopic (exact) mass is 205 g/mol. The van der Waals surface area contributed by atoms with Crippen LogP contribution >= 0.6 is 12.4 Å². The van der Waals surface area contributed by atoms with E-state index >= 15 is 0 Å². The maximum absolute atomic E-state index is 10.4. The summed E-state index contributed by atoms with van der Waals surface area (Å²) in [7, 11) is 1.80. The smallest absolute Gasteiger partial charge is 0.320 e. The molecular formula is C7H12ClN3O2. The van der Waals surface area contributed by atoms with E-state index < -0.39 is 12.0 Å². The molecule has 1 aromatic heterocycles. The second-order valence-electron chi connectivity index (χ2n) is 2.64. The summed E-state index contributed by atoms with van der Waals surface area (Å²) in [5.41, 5.74) is 6.16. The van der Waals surface area contributed by atoms with Crippen LogP contribution in [0.25, 0.3) is 0 Å². The van der Waals surface area contributed by atoms with Crippen LogP contribution in [0.15, 0.2) is 12.5 Å². The first-order chi connectivity index (χ1) is 5.61. The minimum Gasteiger partial charge on any atom is -0.480 e. The number of halogens is 1. The average molecular weight is 206 g/mol. The summed E-state index contributed by atoms with van der Waals surface area (Å²) in [6.45, 7) is 0. The number of aliphatic carboxylic acids is 1. The zero-order valence-electron chi connectivity index (χ0n) is 7.17. The largest absolute Gasteiger partial charge is 0.480 e. The SMILES string of the molecule is Cl.Cn1cncc1C[C@H](N)C(=O)O. The first kappa shape index (κ1) is 11.9. The number of aryl methyl sites for hydroxylation is 1. The van der Waals surface area contributed by atoms with Crippen molar-refractivity contribution < 1.29 is 9.90 Å². The zero-order valence-corrected chi connectivity index (χ0v) is 7.99. The zero-order chi connectivity index (χ0) is 9.14. The molecule has 1 heterocycles. The molecule has 0 radical (unpaired) electrons. The molecule has 0 fully saturated rings. The maximum atomic E-state index is 10.4. The minimum absolute atomic E-state index is 0. The van der Waals surface area contributed by atoms with Crippen molar-refractivity contribution in [3.05, 3.63) is 18.2 Å². The van der Waals surface area contributed by atoms with Gasteiger partial charge in [-0.15, -0.1) is 12.4 Å². The Morgan fingerprint density at radius 1 is 1.85 bits per heavy atom. The van der Waals surface area contributed by atoms with E-state index in [1.54, 1.807) is 24.1 Å². The molecule has 0 spiro atoms. The summed E-state index contributed by atoms with van der Waals surface area (Å²) in [5.74, 6) is -0.990. The van der Waals surface area contributed by atoms with E-state index in [1.165, 1.54) is 0 Å². The van der Waals surface area contributed by atoms with Crippen molar-refractivity contribution in [1.82, 2.24) is 9.55 Å². The molecule has 0 aliphatic heterocycles. The lowest BCUT2D eigenvalue weighted by atomic mass is 10.2. The molecular weight excluding hydrogens is 194 g/mol. The van der Waals surface area contributed by atoms with Gasteiger partial charge in [0, 0.05) is 25.4 Å². The summed E-state index contributed by atoms with van der Waals surface area (Å²) >= 11 is 0. The molecule has 13 heavy (non-hydrogen) atoms. The minimum atomic E-state index is -0.990. The molecule has 1 atom stereocenters. The number of carboxylic acids is 1. The summed E-state index contributed by atoms with van der Waals surface area (Å²) in [6.07, 6.45) is 3.54. The fourth-order valence-corrected chi connectivity index (χ4v) is 0.894. The standard InChI is InChI=1S/C7H11N3O2.ClH/c1-10-4-9-3-5(10)2-6(8)7(11)12;/h3-4,6H,2,8H2,1H3,(H,11,12);1H/t6-;/m0./s1. The van der Waals surface area contributed by atoms with Gasteiger partial charge in [-0.1, -0.05) is 0 Å². The Hall–Kier alpha value is -1.07. The molecule has 1 rings (SSSR count). The van der Waals surface area contributed by atoms with Gasteiger partial charge in [0.2, 0.25) is 0 Å². The van der Waals surface area contributed by atoms with Crippen LogP contribution in [0.2, 0.25) is 0 Å². The number of carbonyl (C=O) groups is 1. The van der Waals surface area contributed by atoms with Crippen LogP contribution in [0.5, 0.6) is 0 Å². The first-order valence-corrected chi connectivity index (χ1v) is 3.55. The Balaban J connectivity index is 0.00000144. The lowest BCUT2D eigenvalue weighted by Crippen LogP contribution is -2.32. The molecule has 0 bridgehead atoms. The van der Waals surface area contributed by atoms with E-state index in [-0.39, 0.29) is 12.4 Å². The highest BCUT2D eigenvalue weighted by molar-refractivity contribution is 5.85. The Labute approximate surface area is 82.0 Å². The summed E-state index contributed by atoms with van der Waals surface area (Å²) < 4.78 is 1.75. The van der Waals surface area contributed by atoms with Crippen molar-refractivity contribution in [1.29, 1.82) is 0 Å². The van der Waals surface area contributed by atoms with Gasteiger partial charge in [-0.05, 0) is 0 Å². The molecule has 74 valence electrons. The highest BCUT2D eigenvalue weighted by Crippen LogP contribution is 1.99. The molecule has 0 unspecified atom stereocenters. The van der Waals surface area contributed by atoms with E-state index in [1.807, 2.05) is 0 Å². The van der Waals surface area contributed by atoms with Gasteiger partial charge >= 0.3 is 5.97 Å². The number of hydrogen-bond donors (Lipinski definition) is 2. The number of imidazole rings is 1. The molecule has 0 amide bonds. The summed E-state index contributed by atoms with van der Waals surface area (Å²) in [5, 5.41) is 8.52. The van der Waals surface area contributed by atoms with Gasteiger partial charge in [0.1, 0.15) is 6.04 Å². The number of nitrogens with two attached hydrogens (primary N) is 1.